The highest BCUT2D eigenvalue weighted by Gasteiger charge is 2.35. The summed E-state index contributed by atoms with van der Waals surface area (Å²) in [5.74, 6) is 0.725. The van der Waals surface area contributed by atoms with Gasteiger partial charge in [0.1, 0.15) is 5.82 Å². The SMILES string of the molecule is Cc1cnc(N2CCN(C(=O)c3ccc(N4CCCS4(=O)=O)cc3N3CCCS3(=O)=O)CC2)c(C)c1.Cl. The number of sulfonamides is 2. The van der Waals surface area contributed by atoms with E-state index in [1.165, 1.54) is 8.61 Å². The number of halogens is 1. The maximum atomic E-state index is 13.6. The smallest absolute Gasteiger partial charge is 0.256 e. The number of aryl methyl sites for hydroxylation is 2. The van der Waals surface area contributed by atoms with Crippen LogP contribution in [0.15, 0.2) is 30.5 Å². The summed E-state index contributed by atoms with van der Waals surface area (Å²) >= 11 is 0. The first kappa shape index (κ1) is 27.5. The van der Waals surface area contributed by atoms with Crippen LogP contribution >= 0.6 is 12.4 Å². The van der Waals surface area contributed by atoms with Crippen LogP contribution in [0, 0.1) is 13.8 Å². The van der Waals surface area contributed by atoms with Crippen molar-refractivity contribution in [1.82, 2.24) is 9.88 Å². The average Bonchev–Trinajstić information content (AvgIpc) is 3.38. The highest BCUT2D eigenvalue weighted by molar-refractivity contribution is 7.93. The van der Waals surface area contributed by atoms with Crippen molar-refractivity contribution in [2.75, 3.05) is 64.3 Å². The number of amides is 1. The zero-order chi connectivity index (χ0) is 25.7. The average molecular weight is 570 g/mol. The van der Waals surface area contributed by atoms with Gasteiger partial charge in [-0.1, -0.05) is 6.07 Å². The monoisotopic (exact) mass is 569 g/mol. The number of anilines is 3. The molecule has 10 nitrogen and oxygen atoms in total. The number of hydrogen-bond donors (Lipinski definition) is 0. The highest BCUT2D eigenvalue weighted by Crippen LogP contribution is 2.35. The third-order valence-electron chi connectivity index (χ3n) is 7.02. The van der Waals surface area contributed by atoms with Gasteiger partial charge in [0, 0.05) is 45.5 Å². The molecule has 0 bridgehead atoms. The first-order chi connectivity index (χ1) is 17.1. The van der Waals surface area contributed by atoms with Crippen LogP contribution in [0.25, 0.3) is 0 Å². The van der Waals surface area contributed by atoms with Crippen LogP contribution < -0.4 is 13.5 Å². The van der Waals surface area contributed by atoms with Gasteiger partial charge in [0.05, 0.1) is 28.4 Å². The second kappa shape index (κ2) is 10.3. The van der Waals surface area contributed by atoms with E-state index in [2.05, 4.69) is 16.0 Å². The van der Waals surface area contributed by atoms with Crippen LogP contribution in [0.1, 0.15) is 34.3 Å². The minimum Gasteiger partial charge on any atom is -0.353 e. The number of rotatable bonds is 4. The van der Waals surface area contributed by atoms with Crippen LogP contribution in [0.5, 0.6) is 0 Å². The zero-order valence-corrected chi connectivity index (χ0v) is 23.4. The summed E-state index contributed by atoms with van der Waals surface area (Å²) in [5, 5.41) is 0. The van der Waals surface area contributed by atoms with Gasteiger partial charge in [-0.2, -0.15) is 0 Å². The summed E-state index contributed by atoms with van der Waals surface area (Å²) in [4.78, 5) is 22.1. The lowest BCUT2D eigenvalue weighted by molar-refractivity contribution is 0.0747. The molecule has 4 heterocycles. The van der Waals surface area contributed by atoms with E-state index in [1.54, 1.807) is 23.1 Å². The molecule has 202 valence electrons. The van der Waals surface area contributed by atoms with E-state index < -0.39 is 20.0 Å². The second-order valence-corrected chi connectivity index (χ2v) is 13.6. The lowest BCUT2D eigenvalue weighted by atomic mass is 10.1. The van der Waals surface area contributed by atoms with Crippen LogP contribution in [-0.2, 0) is 20.0 Å². The van der Waals surface area contributed by atoms with E-state index in [1.807, 2.05) is 20.0 Å². The predicted octanol–water partition coefficient (Wildman–Crippen LogP) is 2.16. The Morgan fingerprint density at radius 2 is 1.46 bits per heavy atom. The molecule has 0 atom stereocenters. The van der Waals surface area contributed by atoms with Gasteiger partial charge in [0.2, 0.25) is 20.0 Å². The number of aromatic nitrogens is 1. The van der Waals surface area contributed by atoms with Crippen LogP contribution in [0.2, 0.25) is 0 Å². The number of carbonyl (C=O) groups excluding carboxylic acids is 1. The molecule has 3 aliphatic heterocycles. The molecular weight excluding hydrogens is 538 g/mol. The van der Waals surface area contributed by atoms with Gasteiger partial charge in [-0.25, -0.2) is 21.8 Å². The molecular formula is C24H32ClN5O5S2. The second-order valence-electron chi connectivity index (χ2n) is 9.62. The van der Waals surface area contributed by atoms with Crippen molar-refractivity contribution < 1.29 is 21.6 Å². The molecule has 0 unspecified atom stereocenters. The van der Waals surface area contributed by atoms with E-state index in [4.69, 9.17) is 0 Å². The normalized spacial score (nSPS) is 20.7. The minimum atomic E-state index is -3.57. The van der Waals surface area contributed by atoms with Gasteiger partial charge in [-0.3, -0.25) is 13.4 Å². The molecule has 1 amide bonds. The number of pyridine rings is 1. The van der Waals surface area contributed by atoms with Crippen molar-refractivity contribution in [1.29, 1.82) is 0 Å². The molecule has 5 rings (SSSR count). The van der Waals surface area contributed by atoms with Crippen LogP contribution in [-0.4, -0.2) is 83.4 Å². The van der Waals surface area contributed by atoms with E-state index in [0.29, 0.717) is 51.3 Å². The summed E-state index contributed by atoms with van der Waals surface area (Å²) in [6.45, 7) is 6.82. The van der Waals surface area contributed by atoms with E-state index in [0.717, 1.165) is 16.9 Å². The number of benzene rings is 1. The molecule has 0 N–H and O–H groups in total. The van der Waals surface area contributed by atoms with Gasteiger partial charge >= 0.3 is 0 Å². The zero-order valence-electron chi connectivity index (χ0n) is 21.0. The topological polar surface area (TPSA) is 111 Å². The molecule has 0 aliphatic carbocycles. The fourth-order valence-corrected chi connectivity index (χ4v) is 8.36. The van der Waals surface area contributed by atoms with Crippen LogP contribution in [0.3, 0.4) is 0 Å². The molecule has 3 aliphatic rings. The summed E-state index contributed by atoms with van der Waals surface area (Å²) in [6.07, 6.45) is 2.81. The third kappa shape index (κ3) is 5.23. The van der Waals surface area contributed by atoms with Crippen molar-refractivity contribution in [3.8, 4) is 0 Å². The quantitative estimate of drug-likeness (QED) is 0.555. The number of hydrogen-bond acceptors (Lipinski definition) is 7. The van der Waals surface area contributed by atoms with E-state index >= 15 is 0 Å². The fraction of sp³-hybridized carbons (Fsp3) is 0.500. The fourth-order valence-electron chi connectivity index (χ4n) is 5.23. The molecule has 3 saturated heterocycles. The number of carbonyl (C=O) groups is 1. The molecule has 1 aromatic heterocycles. The summed E-state index contributed by atoms with van der Waals surface area (Å²) in [6, 6.07) is 6.82. The Labute approximate surface area is 224 Å². The van der Waals surface area contributed by atoms with E-state index in [-0.39, 0.29) is 47.6 Å². The Kier molecular flexibility index (Phi) is 7.64. The van der Waals surface area contributed by atoms with Crippen LogP contribution in [0.4, 0.5) is 17.2 Å². The van der Waals surface area contributed by atoms with E-state index in [9.17, 15) is 21.6 Å². The summed E-state index contributed by atoms with van der Waals surface area (Å²) in [7, 11) is -7.01. The largest absolute Gasteiger partial charge is 0.353 e. The lowest BCUT2D eigenvalue weighted by Crippen LogP contribution is -2.49. The molecule has 1 aromatic carbocycles. The molecule has 2 aromatic rings. The van der Waals surface area contributed by atoms with Crippen molar-refractivity contribution in [2.24, 2.45) is 0 Å². The first-order valence-electron chi connectivity index (χ1n) is 12.2. The van der Waals surface area contributed by atoms with Gasteiger partial charge < -0.3 is 9.80 Å². The number of nitrogens with zero attached hydrogens (tertiary/aromatic N) is 5. The minimum absolute atomic E-state index is 0. The Morgan fingerprint density at radius 1 is 0.838 bits per heavy atom. The highest BCUT2D eigenvalue weighted by atomic mass is 35.5. The van der Waals surface area contributed by atoms with Gasteiger partial charge in [-0.05, 0) is 56.0 Å². The number of piperazine rings is 1. The van der Waals surface area contributed by atoms with Crippen molar-refractivity contribution in [3.63, 3.8) is 0 Å². The summed E-state index contributed by atoms with van der Waals surface area (Å²) < 4.78 is 53.1. The Bertz CT molecular complexity index is 1410. The standard InChI is InChI=1S/C24H31N5O5S2.ClH/c1-18-15-19(2)23(25-17-18)26-9-11-27(12-10-26)24(30)21-6-5-20(28-7-3-13-35(28,31)32)16-22(21)29-8-4-14-36(29,33)34;/h5-6,15-17H,3-4,7-14H2,1-2H3;1H. The first-order valence-corrected chi connectivity index (χ1v) is 15.4. The maximum Gasteiger partial charge on any atom is 0.256 e. The maximum absolute atomic E-state index is 13.6. The molecule has 13 heteroatoms. The Hall–Kier alpha value is -2.57. The molecule has 37 heavy (non-hydrogen) atoms. The van der Waals surface area contributed by atoms with Gasteiger partial charge in [-0.15, -0.1) is 12.4 Å². The Morgan fingerprint density at radius 3 is 2.03 bits per heavy atom. The van der Waals surface area contributed by atoms with Crippen molar-refractivity contribution in [3.05, 3.63) is 47.2 Å². The van der Waals surface area contributed by atoms with Gasteiger partial charge in [0.15, 0.2) is 0 Å². The molecule has 0 saturated carbocycles. The van der Waals surface area contributed by atoms with Gasteiger partial charge in [0.25, 0.3) is 5.91 Å². The lowest BCUT2D eigenvalue weighted by Gasteiger charge is -2.36. The third-order valence-corrected chi connectivity index (χ3v) is 10.7. The van der Waals surface area contributed by atoms with Crippen molar-refractivity contribution in [2.45, 2.75) is 26.7 Å². The van der Waals surface area contributed by atoms with Crippen molar-refractivity contribution >= 4 is 55.6 Å². The summed E-state index contributed by atoms with van der Waals surface area (Å²) in [5.41, 5.74) is 3.12. The Balaban J connectivity index is 0.00000320. The molecule has 0 spiro atoms. The predicted molar refractivity (Wildman–Crippen MR) is 147 cm³/mol. The molecule has 3 fully saturated rings. The molecule has 0 radical (unpaired) electrons.